The lowest BCUT2D eigenvalue weighted by Crippen LogP contribution is -2.41. The largest absolute Gasteiger partial charge is 0.385 e. The Morgan fingerprint density at radius 2 is 1.72 bits per heavy atom. The zero-order valence-corrected chi connectivity index (χ0v) is 19.0. The summed E-state index contributed by atoms with van der Waals surface area (Å²) in [7, 11) is -3.05. The summed E-state index contributed by atoms with van der Waals surface area (Å²) in [6.07, 6.45) is 3.91. The van der Waals surface area contributed by atoms with Gasteiger partial charge in [-0.1, -0.05) is 51.6 Å². The van der Waals surface area contributed by atoms with Gasteiger partial charge in [0.2, 0.25) is 10.0 Å². The topological polar surface area (TPSA) is 61.4 Å². The van der Waals surface area contributed by atoms with Crippen LogP contribution >= 0.6 is 0 Å². The van der Waals surface area contributed by atoms with Crippen LogP contribution in [0, 0.1) is 5.92 Å². The Labute approximate surface area is 177 Å². The lowest BCUT2D eigenvalue weighted by molar-refractivity contribution is 0.188. The maximum Gasteiger partial charge on any atom is 0.214 e. The van der Waals surface area contributed by atoms with Gasteiger partial charge in [-0.25, -0.2) is 13.1 Å². The molecule has 2 aliphatic rings. The Hall–Kier alpha value is -1.37. The van der Waals surface area contributed by atoms with E-state index in [0.717, 1.165) is 63.1 Å². The average molecular weight is 420 g/mol. The minimum atomic E-state index is -3.05. The van der Waals surface area contributed by atoms with Crippen molar-refractivity contribution in [3.8, 4) is 0 Å². The Bertz CT molecular complexity index is 784. The van der Waals surface area contributed by atoms with Crippen LogP contribution in [0.25, 0.3) is 5.70 Å². The molecule has 1 heterocycles. The molecule has 1 saturated heterocycles. The van der Waals surface area contributed by atoms with Crippen LogP contribution in [-0.4, -0.2) is 51.3 Å². The van der Waals surface area contributed by atoms with E-state index >= 15 is 0 Å². The van der Waals surface area contributed by atoms with Gasteiger partial charge in [-0.3, -0.25) is 0 Å². The summed E-state index contributed by atoms with van der Waals surface area (Å²) in [5, 5.41) is 3.39. The Morgan fingerprint density at radius 3 is 2.28 bits per heavy atom. The van der Waals surface area contributed by atoms with Crippen molar-refractivity contribution in [2.24, 2.45) is 5.92 Å². The first-order valence-electron chi connectivity index (χ1n) is 10.9. The van der Waals surface area contributed by atoms with E-state index in [-0.39, 0.29) is 10.7 Å². The lowest BCUT2D eigenvalue weighted by atomic mass is 9.86. The van der Waals surface area contributed by atoms with Crippen LogP contribution in [-0.2, 0) is 15.4 Å². The number of rotatable bonds is 9. The van der Waals surface area contributed by atoms with E-state index in [1.54, 1.807) is 0 Å². The van der Waals surface area contributed by atoms with Crippen molar-refractivity contribution in [2.75, 3.05) is 32.7 Å². The van der Waals surface area contributed by atoms with Gasteiger partial charge in [-0.2, -0.15) is 0 Å². The third-order valence-corrected chi connectivity index (χ3v) is 8.06. The minimum Gasteiger partial charge on any atom is -0.385 e. The maximum absolute atomic E-state index is 11.9. The third-order valence-electron chi connectivity index (χ3n) is 6.11. The number of sulfonamides is 1. The number of nitrogens with one attached hydrogen (secondary N) is 2. The summed E-state index contributed by atoms with van der Waals surface area (Å²) in [6, 6.07) is 8.69. The van der Waals surface area contributed by atoms with Gasteiger partial charge in [0.1, 0.15) is 0 Å². The molecule has 5 nitrogen and oxygen atoms in total. The van der Waals surface area contributed by atoms with Gasteiger partial charge in [0.05, 0.1) is 5.25 Å². The molecule has 1 aromatic rings. The fourth-order valence-corrected chi connectivity index (χ4v) is 5.17. The van der Waals surface area contributed by atoms with Gasteiger partial charge >= 0.3 is 0 Å². The number of likely N-dealkylation sites (tertiary alicyclic amines) is 1. The van der Waals surface area contributed by atoms with E-state index in [0.29, 0.717) is 12.5 Å². The second-order valence-electron chi connectivity index (χ2n) is 9.61. The summed E-state index contributed by atoms with van der Waals surface area (Å²) in [5.74, 6) is 0.639. The van der Waals surface area contributed by atoms with Crippen molar-refractivity contribution in [1.29, 1.82) is 0 Å². The van der Waals surface area contributed by atoms with Crippen molar-refractivity contribution < 1.29 is 8.42 Å². The summed E-state index contributed by atoms with van der Waals surface area (Å²) in [5.41, 5.74) is 3.64. The van der Waals surface area contributed by atoms with Crippen LogP contribution in [0.3, 0.4) is 0 Å². The molecule has 6 heteroatoms. The molecule has 0 aromatic heterocycles. The molecule has 2 N–H and O–H groups in total. The van der Waals surface area contributed by atoms with E-state index < -0.39 is 10.0 Å². The van der Waals surface area contributed by atoms with Gasteiger partial charge in [-0.15, -0.1) is 0 Å². The van der Waals surface area contributed by atoms with E-state index in [1.165, 1.54) is 5.56 Å². The molecule has 0 radical (unpaired) electrons. The smallest absolute Gasteiger partial charge is 0.214 e. The number of hydrogen-bond donors (Lipinski definition) is 2. The van der Waals surface area contributed by atoms with Crippen LogP contribution in [0.15, 0.2) is 30.8 Å². The molecule has 0 spiro atoms. The first kappa shape index (κ1) is 22.3. The third kappa shape index (κ3) is 6.56. The predicted molar refractivity (Wildman–Crippen MR) is 121 cm³/mol. The van der Waals surface area contributed by atoms with Crippen LogP contribution in [0.2, 0.25) is 0 Å². The SMILES string of the molecule is C=C(NCC1CCN(CCNS(=O)(=O)C2CC2)CC1)c1ccc(C(C)(C)C)cc1. The molecule has 1 saturated carbocycles. The molecule has 1 aliphatic heterocycles. The Morgan fingerprint density at radius 1 is 1.10 bits per heavy atom. The summed E-state index contributed by atoms with van der Waals surface area (Å²) in [6.45, 7) is 15.2. The number of benzene rings is 1. The number of piperidine rings is 1. The van der Waals surface area contributed by atoms with E-state index in [2.05, 4.69) is 66.6 Å². The zero-order valence-electron chi connectivity index (χ0n) is 18.2. The molecule has 0 atom stereocenters. The van der Waals surface area contributed by atoms with Crippen molar-refractivity contribution in [2.45, 2.75) is 57.1 Å². The fraction of sp³-hybridized carbons (Fsp3) is 0.652. The maximum atomic E-state index is 11.9. The molecule has 162 valence electrons. The van der Waals surface area contributed by atoms with E-state index in [1.807, 2.05) is 0 Å². The van der Waals surface area contributed by atoms with Gasteiger partial charge < -0.3 is 10.2 Å². The van der Waals surface area contributed by atoms with Crippen molar-refractivity contribution >= 4 is 15.7 Å². The van der Waals surface area contributed by atoms with Gasteiger partial charge in [-0.05, 0) is 61.2 Å². The minimum absolute atomic E-state index is 0.128. The summed E-state index contributed by atoms with van der Waals surface area (Å²) < 4.78 is 26.5. The van der Waals surface area contributed by atoms with Gasteiger partial charge in [0.25, 0.3) is 0 Å². The second kappa shape index (κ2) is 9.19. The first-order valence-corrected chi connectivity index (χ1v) is 12.4. The highest BCUT2D eigenvalue weighted by atomic mass is 32.2. The molecule has 1 aromatic carbocycles. The monoisotopic (exact) mass is 419 g/mol. The highest BCUT2D eigenvalue weighted by Crippen LogP contribution is 2.27. The Kier molecular flexibility index (Phi) is 7.07. The summed E-state index contributed by atoms with van der Waals surface area (Å²) >= 11 is 0. The average Bonchev–Trinajstić information content (AvgIpc) is 3.52. The van der Waals surface area contributed by atoms with Gasteiger partial charge in [0, 0.05) is 25.3 Å². The molecule has 3 rings (SSSR count). The van der Waals surface area contributed by atoms with Gasteiger partial charge in [0.15, 0.2) is 0 Å². The normalized spacial score (nSPS) is 19.3. The highest BCUT2D eigenvalue weighted by molar-refractivity contribution is 7.90. The van der Waals surface area contributed by atoms with Crippen molar-refractivity contribution in [3.05, 3.63) is 42.0 Å². The molecule has 0 amide bonds. The molecule has 29 heavy (non-hydrogen) atoms. The standard InChI is InChI=1S/C23H37N3O2S/c1-18(20-5-7-21(8-6-20)23(2,3)4)24-17-19-11-14-26(15-12-19)16-13-25-29(27,28)22-9-10-22/h5-8,19,22,24-25H,1,9-17H2,2-4H3. The molecule has 2 fully saturated rings. The number of hydrogen-bond acceptors (Lipinski definition) is 4. The summed E-state index contributed by atoms with van der Waals surface area (Å²) in [4.78, 5) is 2.37. The second-order valence-corrected chi connectivity index (χ2v) is 11.7. The van der Waals surface area contributed by atoms with E-state index in [4.69, 9.17) is 0 Å². The molecular weight excluding hydrogens is 382 g/mol. The first-order chi connectivity index (χ1) is 13.6. The molecular formula is C23H37N3O2S. The van der Waals surface area contributed by atoms with Crippen LogP contribution < -0.4 is 10.0 Å². The molecule has 0 unspecified atom stereocenters. The lowest BCUT2D eigenvalue weighted by Gasteiger charge is -2.32. The fourth-order valence-electron chi connectivity index (χ4n) is 3.80. The van der Waals surface area contributed by atoms with E-state index in [9.17, 15) is 8.42 Å². The highest BCUT2D eigenvalue weighted by Gasteiger charge is 2.35. The van der Waals surface area contributed by atoms with Crippen molar-refractivity contribution in [3.63, 3.8) is 0 Å². The zero-order chi connectivity index (χ0) is 21.1. The molecule has 1 aliphatic carbocycles. The van der Waals surface area contributed by atoms with Crippen LogP contribution in [0.4, 0.5) is 0 Å². The predicted octanol–water partition coefficient (Wildman–Crippen LogP) is 3.34. The van der Waals surface area contributed by atoms with Crippen molar-refractivity contribution in [1.82, 2.24) is 14.9 Å². The quantitative estimate of drug-likeness (QED) is 0.644. The Balaban J connectivity index is 1.34. The number of nitrogens with zero attached hydrogens (tertiary/aromatic N) is 1. The van der Waals surface area contributed by atoms with Crippen LogP contribution in [0.1, 0.15) is 57.6 Å². The molecule has 0 bridgehead atoms. The van der Waals surface area contributed by atoms with Crippen LogP contribution in [0.5, 0.6) is 0 Å².